The number of alkyl halides is 3. The summed E-state index contributed by atoms with van der Waals surface area (Å²) >= 11 is 1.45. The van der Waals surface area contributed by atoms with E-state index in [4.69, 9.17) is 0 Å². The number of anilines is 1. The van der Waals surface area contributed by atoms with E-state index in [1.165, 1.54) is 23.9 Å². The van der Waals surface area contributed by atoms with Crippen LogP contribution >= 0.6 is 11.8 Å². The summed E-state index contributed by atoms with van der Waals surface area (Å²) in [7, 11) is 0. The summed E-state index contributed by atoms with van der Waals surface area (Å²) in [6.07, 6.45) is -4.36. The van der Waals surface area contributed by atoms with Crippen molar-refractivity contribution < 1.29 is 18.0 Å². The van der Waals surface area contributed by atoms with Crippen molar-refractivity contribution in [2.75, 3.05) is 36.8 Å². The summed E-state index contributed by atoms with van der Waals surface area (Å²) < 4.78 is 41.1. The minimum Gasteiger partial charge on any atom is -0.368 e. The van der Waals surface area contributed by atoms with Crippen molar-refractivity contribution >= 4 is 23.4 Å². The standard InChI is InChI=1S/C22H29F3N4OS/c1-15(2)13-29-17(4)16(3)26-21(29)31-14-20(30)28-10-8-27(9-11-28)19-7-5-6-18(12-19)22(23,24)25/h5-7,12,15H,8-11,13-14H2,1-4H3. The zero-order valence-electron chi connectivity index (χ0n) is 18.4. The molecule has 1 aliphatic heterocycles. The number of amides is 1. The molecule has 0 saturated carbocycles. The van der Waals surface area contributed by atoms with Gasteiger partial charge in [-0.1, -0.05) is 31.7 Å². The van der Waals surface area contributed by atoms with Gasteiger partial charge in [0, 0.05) is 44.1 Å². The maximum atomic E-state index is 13.0. The molecule has 0 spiro atoms. The topological polar surface area (TPSA) is 41.4 Å². The number of hydrogen-bond acceptors (Lipinski definition) is 4. The number of halogens is 3. The van der Waals surface area contributed by atoms with Crippen LogP contribution in [0.4, 0.5) is 18.9 Å². The van der Waals surface area contributed by atoms with Crippen LogP contribution in [0.3, 0.4) is 0 Å². The van der Waals surface area contributed by atoms with E-state index in [9.17, 15) is 18.0 Å². The lowest BCUT2D eigenvalue weighted by Crippen LogP contribution is -2.49. The SMILES string of the molecule is Cc1nc(SCC(=O)N2CCN(c3cccc(C(F)(F)F)c3)CC2)n(CC(C)C)c1C. The lowest BCUT2D eigenvalue weighted by atomic mass is 10.1. The van der Waals surface area contributed by atoms with E-state index in [0.717, 1.165) is 29.2 Å². The molecule has 1 aromatic carbocycles. The van der Waals surface area contributed by atoms with Gasteiger partial charge in [0.05, 0.1) is 17.0 Å². The quantitative estimate of drug-likeness (QED) is 0.598. The Morgan fingerprint density at radius 3 is 2.45 bits per heavy atom. The first-order chi connectivity index (χ1) is 14.6. The average molecular weight is 455 g/mol. The molecule has 1 aromatic heterocycles. The number of carbonyl (C=O) groups excluding carboxylic acids is 1. The molecule has 0 atom stereocenters. The van der Waals surface area contributed by atoms with E-state index in [0.29, 0.717) is 43.5 Å². The number of aryl methyl sites for hydroxylation is 1. The predicted octanol–water partition coefficient (Wildman–Crippen LogP) is 4.62. The zero-order chi connectivity index (χ0) is 22.8. The van der Waals surface area contributed by atoms with E-state index in [2.05, 4.69) is 23.4 Å². The second-order valence-electron chi connectivity index (χ2n) is 8.27. The summed E-state index contributed by atoms with van der Waals surface area (Å²) in [6, 6.07) is 5.36. The Balaban J connectivity index is 1.56. The van der Waals surface area contributed by atoms with Crippen molar-refractivity contribution in [1.82, 2.24) is 14.5 Å². The molecule has 1 aliphatic rings. The minimum absolute atomic E-state index is 0.0306. The predicted molar refractivity (Wildman–Crippen MR) is 118 cm³/mol. The molecular formula is C22H29F3N4OS. The first kappa shape index (κ1) is 23.5. The molecule has 0 bridgehead atoms. The Hall–Kier alpha value is -2.16. The molecule has 0 unspecified atom stereocenters. The monoisotopic (exact) mass is 454 g/mol. The van der Waals surface area contributed by atoms with Gasteiger partial charge in [0.15, 0.2) is 5.16 Å². The first-order valence-electron chi connectivity index (χ1n) is 10.4. The molecule has 0 N–H and O–H groups in total. The Kier molecular flexibility index (Phi) is 7.24. The summed E-state index contributed by atoms with van der Waals surface area (Å²) in [5.41, 5.74) is 1.99. The molecule has 1 amide bonds. The average Bonchev–Trinajstić information content (AvgIpc) is 2.99. The number of hydrogen-bond donors (Lipinski definition) is 0. The Morgan fingerprint density at radius 2 is 1.84 bits per heavy atom. The van der Waals surface area contributed by atoms with Crippen LogP contribution < -0.4 is 4.90 Å². The largest absolute Gasteiger partial charge is 0.416 e. The fourth-order valence-electron chi connectivity index (χ4n) is 3.62. The number of carbonyl (C=O) groups is 1. The number of aromatic nitrogens is 2. The highest BCUT2D eigenvalue weighted by Crippen LogP contribution is 2.32. The Labute approximate surface area is 185 Å². The van der Waals surface area contributed by atoms with Gasteiger partial charge < -0.3 is 14.4 Å². The number of thioether (sulfide) groups is 1. The van der Waals surface area contributed by atoms with Crippen molar-refractivity contribution in [2.45, 2.75) is 45.6 Å². The molecule has 170 valence electrons. The van der Waals surface area contributed by atoms with Crippen molar-refractivity contribution in [3.05, 3.63) is 41.2 Å². The number of rotatable bonds is 6. The van der Waals surface area contributed by atoms with Gasteiger partial charge in [-0.05, 0) is 38.0 Å². The smallest absolute Gasteiger partial charge is 0.368 e. The minimum atomic E-state index is -4.36. The third-order valence-corrected chi connectivity index (χ3v) is 6.43. The lowest BCUT2D eigenvalue weighted by Gasteiger charge is -2.36. The van der Waals surface area contributed by atoms with Crippen molar-refractivity contribution in [3.8, 4) is 0 Å². The zero-order valence-corrected chi connectivity index (χ0v) is 19.2. The van der Waals surface area contributed by atoms with Crippen LogP contribution in [0.15, 0.2) is 29.4 Å². The second-order valence-corrected chi connectivity index (χ2v) is 9.22. The summed E-state index contributed by atoms with van der Waals surface area (Å²) in [4.78, 5) is 21.0. The van der Waals surface area contributed by atoms with Gasteiger partial charge in [0.25, 0.3) is 0 Å². The van der Waals surface area contributed by atoms with Crippen LogP contribution in [0.1, 0.15) is 30.8 Å². The molecule has 0 aliphatic carbocycles. The van der Waals surface area contributed by atoms with Crippen molar-refractivity contribution in [1.29, 1.82) is 0 Å². The second kappa shape index (κ2) is 9.54. The normalized spacial score (nSPS) is 15.1. The van der Waals surface area contributed by atoms with Crippen LogP contribution in [0.2, 0.25) is 0 Å². The van der Waals surface area contributed by atoms with Gasteiger partial charge in [-0.3, -0.25) is 4.79 Å². The maximum Gasteiger partial charge on any atom is 0.416 e. The molecule has 0 radical (unpaired) electrons. The van der Waals surface area contributed by atoms with Gasteiger partial charge in [-0.25, -0.2) is 4.98 Å². The molecule has 1 fully saturated rings. The third kappa shape index (κ3) is 5.75. The Morgan fingerprint density at radius 1 is 1.16 bits per heavy atom. The van der Waals surface area contributed by atoms with Gasteiger partial charge >= 0.3 is 6.18 Å². The van der Waals surface area contributed by atoms with Crippen molar-refractivity contribution in [2.24, 2.45) is 5.92 Å². The van der Waals surface area contributed by atoms with Crippen LogP contribution in [-0.4, -0.2) is 52.3 Å². The van der Waals surface area contributed by atoms with Gasteiger partial charge in [0.1, 0.15) is 0 Å². The molecule has 3 rings (SSSR count). The van der Waals surface area contributed by atoms with Crippen LogP contribution in [0.25, 0.3) is 0 Å². The molecule has 1 saturated heterocycles. The lowest BCUT2D eigenvalue weighted by molar-refractivity contribution is -0.137. The maximum absolute atomic E-state index is 13.0. The molecular weight excluding hydrogens is 425 g/mol. The van der Waals surface area contributed by atoms with Gasteiger partial charge in [0.2, 0.25) is 5.91 Å². The van der Waals surface area contributed by atoms with E-state index in [-0.39, 0.29) is 5.91 Å². The van der Waals surface area contributed by atoms with E-state index in [1.807, 2.05) is 18.7 Å². The fraction of sp³-hybridized carbons (Fsp3) is 0.545. The molecule has 31 heavy (non-hydrogen) atoms. The van der Waals surface area contributed by atoms with E-state index >= 15 is 0 Å². The number of benzene rings is 1. The summed E-state index contributed by atoms with van der Waals surface area (Å²) in [5.74, 6) is 0.812. The van der Waals surface area contributed by atoms with Gasteiger partial charge in [-0.2, -0.15) is 13.2 Å². The number of imidazole rings is 1. The van der Waals surface area contributed by atoms with Crippen molar-refractivity contribution in [3.63, 3.8) is 0 Å². The first-order valence-corrected chi connectivity index (χ1v) is 11.4. The van der Waals surface area contributed by atoms with Crippen LogP contribution in [0.5, 0.6) is 0 Å². The molecule has 2 aromatic rings. The summed E-state index contributed by atoms with van der Waals surface area (Å²) in [5, 5.41) is 0.861. The van der Waals surface area contributed by atoms with E-state index < -0.39 is 11.7 Å². The number of piperazine rings is 1. The number of nitrogens with zero attached hydrogens (tertiary/aromatic N) is 4. The Bertz CT molecular complexity index is 918. The van der Waals surface area contributed by atoms with Crippen LogP contribution in [0, 0.1) is 19.8 Å². The third-order valence-electron chi connectivity index (χ3n) is 5.47. The van der Waals surface area contributed by atoms with Crippen LogP contribution in [-0.2, 0) is 17.5 Å². The molecule has 2 heterocycles. The highest BCUT2D eigenvalue weighted by molar-refractivity contribution is 7.99. The highest BCUT2D eigenvalue weighted by Gasteiger charge is 2.31. The fourth-order valence-corrected chi connectivity index (χ4v) is 4.63. The highest BCUT2D eigenvalue weighted by atomic mass is 32.2. The molecule has 5 nitrogen and oxygen atoms in total. The van der Waals surface area contributed by atoms with E-state index in [1.54, 1.807) is 11.0 Å². The summed E-state index contributed by atoms with van der Waals surface area (Å²) in [6.45, 7) is 11.2. The van der Waals surface area contributed by atoms with Gasteiger partial charge in [-0.15, -0.1) is 0 Å². The molecule has 9 heteroatoms.